The van der Waals surface area contributed by atoms with E-state index in [-0.39, 0.29) is 24.0 Å². The van der Waals surface area contributed by atoms with E-state index in [1.807, 2.05) is 0 Å². The molecule has 18 heavy (non-hydrogen) atoms. The van der Waals surface area contributed by atoms with Gasteiger partial charge in [-0.1, -0.05) is 13.8 Å². The van der Waals surface area contributed by atoms with Crippen LogP contribution in [0, 0.1) is 5.92 Å². The second-order valence-corrected chi connectivity index (χ2v) is 4.88. The summed E-state index contributed by atoms with van der Waals surface area (Å²) in [6.07, 6.45) is 2.48. The Bertz CT molecular complexity index is 208. The summed E-state index contributed by atoms with van der Waals surface area (Å²) in [4.78, 5) is 4.17. The summed E-state index contributed by atoms with van der Waals surface area (Å²) in [5.41, 5.74) is 0. The maximum atomic E-state index is 5.47. The molecule has 110 valence electrons. The second-order valence-electron chi connectivity index (χ2n) is 4.88. The van der Waals surface area contributed by atoms with Gasteiger partial charge in [-0.25, -0.2) is 0 Å². The highest BCUT2D eigenvalue weighted by Gasteiger charge is 1.98. The van der Waals surface area contributed by atoms with E-state index in [4.69, 9.17) is 4.74 Å². The van der Waals surface area contributed by atoms with Crippen LogP contribution in [0.1, 0.15) is 40.5 Å². The van der Waals surface area contributed by atoms with E-state index in [2.05, 4.69) is 43.3 Å². The lowest BCUT2D eigenvalue weighted by Crippen LogP contribution is -2.38. The highest BCUT2D eigenvalue weighted by molar-refractivity contribution is 14.0. The zero-order valence-corrected chi connectivity index (χ0v) is 14.8. The standard InChI is InChI=1S/C13H29N3O.HI/c1-11(2)7-9-16-13(14-5)15-8-6-10-17-12(3)4;/h11-12H,6-10H2,1-5H3,(H2,14,15,16);1H. The predicted octanol–water partition coefficient (Wildman–Crippen LogP) is 2.63. The molecule has 0 aliphatic rings. The van der Waals surface area contributed by atoms with Crippen molar-refractivity contribution in [2.45, 2.75) is 46.6 Å². The minimum atomic E-state index is 0. The fourth-order valence-corrected chi connectivity index (χ4v) is 1.30. The molecule has 0 rings (SSSR count). The van der Waals surface area contributed by atoms with Crippen LogP contribution in [0.25, 0.3) is 0 Å². The monoisotopic (exact) mass is 371 g/mol. The van der Waals surface area contributed by atoms with Crippen molar-refractivity contribution in [2.75, 3.05) is 26.7 Å². The topological polar surface area (TPSA) is 45.7 Å². The van der Waals surface area contributed by atoms with Crippen LogP contribution in [0.3, 0.4) is 0 Å². The van der Waals surface area contributed by atoms with E-state index >= 15 is 0 Å². The summed E-state index contributed by atoms with van der Waals surface area (Å²) in [6.45, 7) is 11.2. The summed E-state index contributed by atoms with van der Waals surface area (Å²) >= 11 is 0. The van der Waals surface area contributed by atoms with Crippen LogP contribution in [-0.2, 0) is 4.74 Å². The van der Waals surface area contributed by atoms with Crippen molar-refractivity contribution in [1.82, 2.24) is 10.6 Å². The van der Waals surface area contributed by atoms with Crippen LogP contribution in [0.15, 0.2) is 4.99 Å². The molecule has 0 atom stereocenters. The molecule has 0 aromatic carbocycles. The molecular weight excluding hydrogens is 341 g/mol. The number of nitrogens with zero attached hydrogens (tertiary/aromatic N) is 1. The summed E-state index contributed by atoms with van der Waals surface area (Å²) in [7, 11) is 1.80. The molecule has 0 saturated carbocycles. The van der Waals surface area contributed by atoms with Gasteiger partial charge in [-0.2, -0.15) is 0 Å². The maximum Gasteiger partial charge on any atom is 0.190 e. The molecule has 5 heteroatoms. The average Bonchev–Trinajstić information content (AvgIpc) is 2.25. The van der Waals surface area contributed by atoms with Crippen LogP contribution >= 0.6 is 24.0 Å². The number of hydrogen-bond donors (Lipinski definition) is 2. The quantitative estimate of drug-likeness (QED) is 0.298. The van der Waals surface area contributed by atoms with E-state index in [9.17, 15) is 0 Å². The van der Waals surface area contributed by atoms with Crippen molar-refractivity contribution >= 4 is 29.9 Å². The Kier molecular flexibility index (Phi) is 15.1. The molecule has 0 amide bonds. The first kappa shape index (κ1) is 20.3. The minimum Gasteiger partial charge on any atom is -0.379 e. The lowest BCUT2D eigenvalue weighted by atomic mass is 10.1. The number of nitrogens with one attached hydrogen (secondary N) is 2. The third-order valence-electron chi connectivity index (χ3n) is 2.30. The van der Waals surface area contributed by atoms with Crippen LogP contribution in [0.2, 0.25) is 0 Å². The van der Waals surface area contributed by atoms with Gasteiger partial charge in [0.1, 0.15) is 0 Å². The van der Waals surface area contributed by atoms with Crippen molar-refractivity contribution in [2.24, 2.45) is 10.9 Å². The van der Waals surface area contributed by atoms with E-state index in [0.29, 0.717) is 6.10 Å². The molecule has 0 aliphatic heterocycles. The molecule has 0 aliphatic carbocycles. The second kappa shape index (κ2) is 13.4. The van der Waals surface area contributed by atoms with Crippen molar-refractivity contribution in [3.8, 4) is 0 Å². The van der Waals surface area contributed by atoms with E-state index in [1.54, 1.807) is 7.05 Å². The fourth-order valence-electron chi connectivity index (χ4n) is 1.30. The average molecular weight is 371 g/mol. The molecule has 0 unspecified atom stereocenters. The molecule has 4 nitrogen and oxygen atoms in total. The van der Waals surface area contributed by atoms with Gasteiger partial charge < -0.3 is 15.4 Å². The molecule has 0 saturated heterocycles. The van der Waals surface area contributed by atoms with Crippen molar-refractivity contribution < 1.29 is 4.74 Å². The molecule has 0 radical (unpaired) electrons. The highest BCUT2D eigenvalue weighted by atomic mass is 127. The lowest BCUT2D eigenvalue weighted by Gasteiger charge is -2.13. The molecule has 0 aromatic heterocycles. The summed E-state index contributed by atoms with van der Waals surface area (Å²) < 4.78 is 5.47. The molecule has 2 N–H and O–H groups in total. The van der Waals surface area contributed by atoms with Gasteiger partial charge in [0.2, 0.25) is 0 Å². The fraction of sp³-hybridized carbons (Fsp3) is 0.923. The number of hydrogen-bond acceptors (Lipinski definition) is 2. The van der Waals surface area contributed by atoms with Gasteiger partial charge in [-0.3, -0.25) is 4.99 Å². The number of aliphatic imine (C=N–C) groups is 1. The Labute approximate surface area is 129 Å². The van der Waals surface area contributed by atoms with Crippen LogP contribution in [0.5, 0.6) is 0 Å². The largest absolute Gasteiger partial charge is 0.379 e. The van der Waals surface area contributed by atoms with Gasteiger partial charge in [0.05, 0.1) is 6.10 Å². The molecule has 0 fully saturated rings. The van der Waals surface area contributed by atoms with Gasteiger partial charge in [0.15, 0.2) is 5.96 Å². The molecule has 0 spiro atoms. The number of ether oxygens (including phenoxy) is 1. The molecule has 0 bridgehead atoms. The van der Waals surface area contributed by atoms with E-state index < -0.39 is 0 Å². The maximum absolute atomic E-state index is 5.47. The van der Waals surface area contributed by atoms with Crippen LogP contribution in [0.4, 0.5) is 0 Å². The Morgan fingerprint density at radius 1 is 1.11 bits per heavy atom. The van der Waals surface area contributed by atoms with Gasteiger partial charge in [-0.15, -0.1) is 24.0 Å². The third-order valence-corrected chi connectivity index (χ3v) is 2.30. The van der Waals surface area contributed by atoms with Crippen molar-refractivity contribution in [1.29, 1.82) is 0 Å². The first-order chi connectivity index (χ1) is 8.06. The van der Waals surface area contributed by atoms with Crippen LogP contribution < -0.4 is 10.6 Å². The number of rotatable bonds is 8. The molecule has 0 heterocycles. The SMILES string of the molecule is CN=C(NCCCOC(C)C)NCCC(C)C.I. The smallest absolute Gasteiger partial charge is 0.190 e. The Morgan fingerprint density at radius 3 is 2.22 bits per heavy atom. The van der Waals surface area contributed by atoms with Gasteiger partial charge in [0, 0.05) is 26.7 Å². The molecule has 0 aromatic rings. The van der Waals surface area contributed by atoms with Gasteiger partial charge in [-0.05, 0) is 32.6 Å². The normalized spacial score (nSPS) is 11.6. The van der Waals surface area contributed by atoms with Crippen molar-refractivity contribution in [3.05, 3.63) is 0 Å². The Balaban J connectivity index is 0. The first-order valence-electron chi connectivity index (χ1n) is 6.62. The van der Waals surface area contributed by atoms with Gasteiger partial charge >= 0.3 is 0 Å². The van der Waals surface area contributed by atoms with Crippen molar-refractivity contribution in [3.63, 3.8) is 0 Å². The highest BCUT2D eigenvalue weighted by Crippen LogP contribution is 1.96. The lowest BCUT2D eigenvalue weighted by molar-refractivity contribution is 0.0776. The third kappa shape index (κ3) is 14.0. The van der Waals surface area contributed by atoms with Crippen LogP contribution in [-0.4, -0.2) is 38.8 Å². The number of guanidine groups is 1. The van der Waals surface area contributed by atoms with E-state index in [1.165, 1.54) is 0 Å². The summed E-state index contributed by atoms with van der Waals surface area (Å²) in [6, 6.07) is 0. The first-order valence-corrected chi connectivity index (χ1v) is 6.62. The Hall–Kier alpha value is -0.0400. The Morgan fingerprint density at radius 2 is 1.72 bits per heavy atom. The number of halogens is 1. The molecular formula is C13H30IN3O. The zero-order valence-electron chi connectivity index (χ0n) is 12.5. The summed E-state index contributed by atoms with van der Waals surface area (Å²) in [5.74, 6) is 1.61. The van der Waals surface area contributed by atoms with Gasteiger partial charge in [0.25, 0.3) is 0 Å². The summed E-state index contributed by atoms with van der Waals surface area (Å²) in [5, 5.41) is 6.57. The minimum absolute atomic E-state index is 0. The predicted molar refractivity (Wildman–Crippen MR) is 89.9 cm³/mol. The zero-order chi connectivity index (χ0) is 13.1. The van der Waals surface area contributed by atoms with E-state index in [0.717, 1.165) is 44.4 Å².